The molecule has 0 radical (unpaired) electrons. The highest BCUT2D eigenvalue weighted by atomic mass is 16.5. The van der Waals surface area contributed by atoms with E-state index in [4.69, 9.17) is 10.5 Å². The number of rotatable bonds is 4. The first kappa shape index (κ1) is 20.6. The zero-order chi connectivity index (χ0) is 23.0. The summed E-state index contributed by atoms with van der Waals surface area (Å²) in [5.74, 6) is 0.346. The minimum atomic E-state index is -1.01. The lowest BCUT2D eigenvalue weighted by atomic mass is 9.48. The lowest BCUT2D eigenvalue weighted by Crippen LogP contribution is -2.78. The highest BCUT2D eigenvalue weighted by Crippen LogP contribution is 2.65. The van der Waals surface area contributed by atoms with Gasteiger partial charge in [0.25, 0.3) is 5.91 Å². The molecule has 172 valence electrons. The molecule has 0 aromatic heterocycles. The Kier molecular flexibility index (Phi) is 4.35. The summed E-state index contributed by atoms with van der Waals surface area (Å²) < 4.78 is 6.45. The van der Waals surface area contributed by atoms with Crippen molar-refractivity contribution in [3.05, 3.63) is 65.7 Å². The number of phenolic OH excluding ortho intramolecular Hbond substituents is 1. The number of likely N-dealkylation sites (tertiary alicyclic amines) is 1. The second-order valence-corrected chi connectivity index (χ2v) is 9.88. The monoisotopic (exact) mass is 447 g/mol. The number of amides is 1. The van der Waals surface area contributed by atoms with Crippen LogP contribution in [0, 0.1) is 0 Å². The van der Waals surface area contributed by atoms with E-state index in [0.29, 0.717) is 49.2 Å². The fraction of sp³-hybridized carbons (Fsp3) is 0.423. The lowest BCUT2D eigenvalue weighted by molar-refractivity contribution is -0.188. The Bertz CT molecular complexity index is 1170. The summed E-state index contributed by atoms with van der Waals surface area (Å²) in [6.07, 6.45) is 3.94. The van der Waals surface area contributed by atoms with Crippen LogP contribution in [0.25, 0.3) is 0 Å². The van der Waals surface area contributed by atoms with Crippen molar-refractivity contribution in [3.8, 4) is 11.5 Å². The first-order valence-electron chi connectivity index (χ1n) is 11.6. The van der Waals surface area contributed by atoms with Gasteiger partial charge in [-0.25, -0.2) is 0 Å². The van der Waals surface area contributed by atoms with Gasteiger partial charge >= 0.3 is 0 Å². The third-order valence-electron chi connectivity index (χ3n) is 8.40. The largest absolute Gasteiger partial charge is 0.504 e. The fourth-order valence-corrected chi connectivity index (χ4v) is 7.09. The number of carbonyl (C=O) groups is 1. The molecular weight excluding hydrogens is 418 g/mol. The summed E-state index contributed by atoms with van der Waals surface area (Å²) in [5.41, 5.74) is 7.26. The van der Waals surface area contributed by atoms with Crippen LogP contribution in [0.5, 0.6) is 11.5 Å². The zero-order valence-corrected chi connectivity index (χ0v) is 18.5. The summed E-state index contributed by atoms with van der Waals surface area (Å²) >= 11 is 0. The Hall–Kier alpha value is -3.03. The first-order chi connectivity index (χ1) is 15.9. The van der Waals surface area contributed by atoms with Crippen LogP contribution in [-0.4, -0.2) is 57.9 Å². The van der Waals surface area contributed by atoms with Crippen LogP contribution in [0.15, 0.2) is 49.1 Å². The van der Waals surface area contributed by atoms with E-state index in [0.717, 1.165) is 17.7 Å². The number of hydrogen-bond donors (Lipinski definition) is 4. The Balaban J connectivity index is 1.43. The van der Waals surface area contributed by atoms with E-state index in [-0.39, 0.29) is 23.7 Å². The summed E-state index contributed by atoms with van der Waals surface area (Å²) in [7, 11) is 0. The third kappa shape index (κ3) is 2.60. The number of aromatic hydroxyl groups is 1. The maximum Gasteiger partial charge on any atom is 0.251 e. The summed E-state index contributed by atoms with van der Waals surface area (Å²) in [5, 5.41) is 26.2. The van der Waals surface area contributed by atoms with E-state index in [1.807, 2.05) is 12.1 Å². The molecule has 7 heteroatoms. The van der Waals surface area contributed by atoms with Crippen molar-refractivity contribution < 1.29 is 19.7 Å². The molecule has 2 bridgehead atoms. The van der Waals surface area contributed by atoms with Gasteiger partial charge in [-0.15, -0.1) is 6.58 Å². The molecule has 2 unspecified atom stereocenters. The quantitative estimate of drug-likeness (QED) is 0.422. The minimum Gasteiger partial charge on any atom is -0.504 e. The van der Waals surface area contributed by atoms with Gasteiger partial charge < -0.3 is 26.0 Å². The average molecular weight is 448 g/mol. The van der Waals surface area contributed by atoms with Crippen molar-refractivity contribution >= 4 is 11.6 Å². The number of benzene rings is 2. The highest BCUT2D eigenvalue weighted by Gasteiger charge is 2.72. The second-order valence-electron chi connectivity index (χ2n) is 9.88. The summed E-state index contributed by atoms with van der Waals surface area (Å²) in [6.45, 7) is 5.42. The molecule has 2 aliphatic heterocycles. The van der Waals surface area contributed by atoms with Crippen LogP contribution in [0.3, 0.4) is 0 Å². The fourth-order valence-electron chi connectivity index (χ4n) is 7.09. The van der Waals surface area contributed by atoms with Crippen molar-refractivity contribution in [1.82, 2.24) is 10.2 Å². The molecule has 2 fully saturated rings. The predicted molar refractivity (Wildman–Crippen MR) is 124 cm³/mol. The number of nitrogens with zero attached hydrogens (tertiary/aromatic N) is 1. The molecule has 1 saturated carbocycles. The molecular formula is C26H29N3O4. The average Bonchev–Trinajstić information content (AvgIpc) is 3.15. The van der Waals surface area contributed by atoms with Crippen molar-refractivity contribution in [2.24, 2.45) is 0 Å². The van der Waals surface area contributed by atoms with Gasteiger partial charge in [-0.2, -0.15) is 0 Å². The number of piperidine rings is 1. The van der Waals surface area contributed by atoms with E-state index in [1.54, 1.807) is 30.3 Å². The van der Waals surface area contributed by atoms with Crippen molar-refractivity contribution in [2.45, 2.75) is 54.9 Å². The lowest BCUT2D eigenvalue weighted by Gasteiger charge is -2.64. The smallest absolute Gasteiger partial charge is 0.251 e. The van der Waals surface area contributed by atoms with E-state index >= 15 is 0 Å². The molecule has 2 aromatic rings. The number of nitrogens with one attached hydrogen (secondary N) is 1. The number of hydrogen-bond acceptors (Lipinski definition) is 6. The summed E-state index contributed by atoms with van der Waals surface area (Å²) in [4.78, 5) is 15.4. The normalized spacial score (nSPS) is 33.7. The Morgan fingerprint density at radius 2 is 2.18 bits per heavy atom. The van der Waals surface area contributed by atoms with E-state index in [9.17, 15) is 15.0 Å². The van der Waals surface area contributed by atoms with Crippen LogP contribution in [0.1, 0.15) is 40.7 Å². The molecule has 4 aliphatic rings. The number of nitrogens with two attached hydrogens (primary N) is 1. The Morgan fingerprint density at radius 1 is 1.33 bits per heavy atom. The molecule has 6 rings (SSSR count). The van der Waals surface area contributed by atoms with E-state index in [2.05, 4.69) is 16.8 Å². The second kappa shape index (κ2) is 6.98. The van der Waals surface area contributed by atoms with Crippen LogP contribution in [-0.2, 0) is 11.8 Å². The van der Waals surface area contributed by atoms with Gasteiger partial charge in [0.05, 0.1) is 17.1 Å². The highest BCUT2D eigenvalue weighted by molar-refractivity contribution is 5.95. The number of aliphatic hydroxyl groups is 1. The number of nitrogen functional groups attached to an aromatic ring is 1. The Morgan fingerprint density at radius 3 is 2.97 bits per heavy atom. The van der Waals surface area contributed by atoms with Crippen molar-refractivity contribution in [1.29, 1.82) is 0 Å². The van der Waals surface area contributed by atoms with E-state index in [1.165, 1.54) is 0 Å². The zero-order valence-electron chi connectivity index (χ0n) is 18.5. The van der Waals surface area contributed by atoms with Gasteiger partial charge in [-0.1, -0.05) is 18.2 Å². The maximum absolute atomic E-state index is 13.1. The van der Waals surface area contributed by atoms with Gasteiger partial charge in [-0.05, 0) is 62.1 Å². The number of carbonyl (C=O) groups excluding carboxylic acids is 1. The van der Waals surface area contributed by atoms with Crippen molar-refractivity contribution in [2.75, 3.05) is 18.8 Å². The van der Waals surface area contributed by atoms with Gasteiger partial charge in [0.15, 0.2) is 11.5 Å². The maximum atomic E-state index is 13.1. The van der Waals surface area contributed by atoms with Crippen molar-refractivity contribution in [3.63, 3.8) is 0 Å². The molecule has 7 nitrogen and oxygen atoms in total. The number of phenols is 1. The molecule has 5 atom stereocenters. The first-order valence-corrected chi connectivity index (χ1v) is 11.6. The molecule has 2 aromatic carbocycles. The van der Waals surface area contributed by atoms with E-state index < -0.39 is 17.1 Å². The molecule has 1 saturated heterocycles. The van der Waals surface area contributed by atoms with Crippen LogP contribution < -0.4 is 15.8 Å². The SMILES string of the molecule is C=CCN1CC[C@]23c4c5ccc(O)c4OC2C(NC(=O)c2cccc(N)c2)CC[C@@]3(O)[C@H]1C5. The van der Waals surface area contributed by atoms with Crippen LogP contribution >= 0.6 is 0 Å². The van der Waals surface area contributed by atoms with Gasteiger partial charge in [0, 0.05) is 29.4 Å². The topological polar surface area (TPSA) is 108 Å². The van der Waals surface area contributed by atoms with Gasteiger partial charge in [0.1, 0.15) is 6.10 Å². The predicted octanol–water partition coefficient (Wildman–Crippen LogP) is 2.11. The van der Waals surface area contributed by atoms with Gasteiger partial charge in [-0.3, -0.25) is 9.69 Å². The Labute approximate surface area is 192 Å². The number of ether oxygens (including phenoxy) is 1. The molecule has 5 N–H and O–H groups in total. The molecule has 33 heavy (non-hydrogen) atoms. The summed E-state index contributed by atoms with van der Waals surface area (Å²) in [6, 6.07) is 10.2. The minimum absolute atomic E-state index is 0.0658. The molecule has 2 aliphatic carbocycles. The third-order valence-corrected chi connectivity index (χ3v) is 8.40. The standard InChI is InChI=1S/C26H29N3O4/c1-2-11-29-12-10-25-21-15-6-7-19(30)22(21)33-23(25)18(8-9-26(25,32)20(29)14-15)28-24(31)16-4-3-5-17(27)13-16/h2-7,13,18,20,23,30,32H,1,8-12,14,27H2,(H,28,31)/t18?,20-,23?,25+,26-/m1/s1. The molecule has 1 amide bonds. The molecule has 2 heterocycles. The number of anilines is 1. The molecule has 1 spiro atoms. The van der Waals surface area contributed by atoms with Gasteiger partial charge in [0.2, 0.25) is 0 Å². The van der Waals surface area contributed by atoms with Crippen LogP contribution in [0.4, 0.5) is 5.69 Å². The van der Waals surface area contributed by atoms with Crippen LogP contribution in [0.2, 0.25) is 0 Å².